The van der Waals surface area contributed by atoms with E-state index < -0.39 is 21.6 Å². The molecule has 1 amide bonds. The van der Waals surface area contributed by atoms with Crippen LogP contribution in [0.15, 0.2) is 33.5 Å². The predicted octanol–water partition coefficient (Wildman–Crippen LogP) is 4.59. The Morgan fingerprint density at radius 3 is 2.29 bits per heavy atom. The van der Waals surface area contributed by atoms with E-state index in [1.807, 2.05) is 19.1 Å². The van der Waals surface area contributed by atoms with Gasteiger partial charge in [-0.15, -0.1) is 4.36 Å². The van der Waals surface area contributed by atoms with Crippen molar-refractivity contribution in [3.63, 3.8) is 0 Å². The monoisotopic (exact) mass is 352 g/mol. The summed E-state index contributed by atoms with van der Waals surface area (Å²) in [6.45, 7) is 7.26. The fourth-order valence-electron chi connectivity index (χ4n) is 2.70. The Morgan fingerprint density at radius 1 is 1.17 bits per heavy atom. The van der Waals surface area contributed by atoms with Crippen LogP contribution in [0.25, 0.3) is 0 Å². The van der Waals surface area contributed by atoms with Gasteiger partial charge in [-0.05, 0) is 52.7 Å². The molecule has 0 spiro atoms. The zero-order chi connectivity index (χ0) is 17.8. The lowest BCUT2D eigenvalue weighted by molar-refractivity contribution is 0.0607. The molecule has 1 unspecified atom stereocenters. The molecule has 0 aromatic heterocycles. The second-order valence-electron chi connectivity index (χ2n) is 7.36. The number of aryl methyl sites for hydroxylation is 1. The number of benzene rings is 1. The summed E-state index contributed by atoms with van der Waals surface area (Å²) in [6, 6.07) is 7.39. The van der Waals surface area contributed by atoms with Crippen LogP contribution in [0.3, 0.4) is 0 Å². The number of hydrogen-bond acceptors (Lipinski definition) is 3. The van der Waals surface area contributed by atoms with Gasteiger partial charge in [0.25, 0.3) is 0 Å². The first-order valence-electron chi connectivity index (χ1n) is 8.52. The van der Waals surface area contributed by atoms with Gasteiger partial charge in [-0.1, -0.05) is 37.0 Å². The Bertz CT molecular complexity index is 677. The van der Waals surface area contributed by atoms with Crippen molar-refractivity contribution in [2.45, 2.75) is 76.3 Å². The molecule has 6 heteroatoms. The van der Waals surface area contributed by atoms with Gasteiger partial charge in [0.05, 0.1) is 4.90 Å². The summed E-state index contributed by atoms with van der Waals surface area (Å²) in [7, 11) is -3.06. The summed E-state index contributed by atoms with van der Waals surface area (Å²) in [4.78, 5) is 12.7. The summed E-state index contributed by atoms with van der Waals surface area (Å²) in [6.07, 6.45) is 4.52. The summed E-state index contributed by atoms with van der Waals surface area (Å²) < 4.78 is 25.8. The summed E-state index contributed by atoms with van der Waals surface area (Å²) in [5.74, 6) is 0. The highest BCUT2D eigenvalue weighted by Gasteiger charge is 2.24. The van der Waals surface area contributed by atoms with Crippen LogP contribution in [0.2, 0.25) is 0 Å². The smallest absolute Gasteiger partial charge is 0.442 e. The first kappa shape index (κ1) is 18.9. The molecule has 0 radical (unpaired) electrons. The van der Waals surface area contributed by atoms with Crippen LogP contribution in [-0.2, 0) is 14.7 Å². The maximum absolute atomic E-state index is 13.5. The van der Waals surface area contributed by atoms with E-state index in [0.717, 1.165) is 31.2 Å². The third-order valence-electron chi connectivity index (χ3n) is 3.87. The van der Waals surface area contributed by atoms with Gasteiger partial charge < -0.3 is 4.74 Å². The van der Waals surface area contributed by atoms with Crippen molar-refractivity contribution in [2.24, 2.45) is 4.36 Å². The van der Waals surface area contributed by atoms with E-state index in [9.17, 15) is 9.00 Å². The molecular weight excluding hydrogens is 324 g/mol. The molecule has 1 atom stereocenters. The van der Waals surface area contributed by atoms with Crippen molar-refractivity contribution in [1.82, 2.24) is 4.72 Å². The molecule has 1 saturated carbocycles. The zero-order valence-electron chi connectivity index (χ0n) is 15.0. The highest BCUT2D eigenvalue weighted by Crippen LogP contribution is 2.22. The normalized spacial score (nSPS) is 18.7. The van der Waals surface area contributed by atoms with Gasteiger partial charge in [0, 0.05) is 6.04 Å². The van der Waals surface area contributed by atoms with Crippen molar-refractivity contribution in [1.29, 1.82) is 0 Å². The lowest BCUT2D eigenvalue weighted by atomic mass is 9.96. The molecule has 24 heavy (non-hydrogen) atoms. The van der Waals surface area contributed by atoms with E-state index >= 15 is 0 Å². The van der Waals surface area contributed by atoms with E-state index in [1.165, 1.54) is 6.42 Å². The van der Waals surface area contributed by atoms with Crippen LogP contribution in [-0.4, -0.2) is 21.9 Å². The maximum atomic E-state index is 13.5. The van der Waals surface area contributed by atoms with Crippen LogP contribution < -0.4 is 4.72 Å². The average Bonchev–Trinajstić information content (AvgIpc) is 2.46. The third-order valence-corrected chi connectivity index (χ3v) is 5.84. The molecule has 1 aromatic rings. The minimum absolute atomic E-state index is 0.110. The molecule has 1 aliphatic rings. The first-order valence-corrected chi connectivity index (χ1v) is 10.0. The van der Waals surface area contributed by atoms with Crippen LogP contribution in [0.4, 0.5) is 4.79 Å². The molecule has 0 heterocycles. The average molecular weight is 353 g/mol. The number of nitrogens with zero attached hydrogens (tertiary/aromatic N) is 1. The first-order chi connectivity index (χ1) is 11.2. The van der Waals surface area contributed by atoms with Crippen molar-refractivity contribution < 1.29 is 13.7 Å². The van der Waals surface area contributed by atoms with Crippen LogP contribution in [0.5, 0.6) is 0 Å². The molecule has 134 valence electrons. The minimum Gasteiger partial charge on any atom is -0.442 e. The molecule has 0 aliphatic heterocycles. The van der Waals surface area contributed by atoms with Gasteiger partial charge >= 0.3 is 6.09 Å². The lowest BCUT2D eigenvalue weighted by Crippen LogP contribution is -2.37. The Morgan fingerprint density at radius 2 is 1.75 bits per heavy atom. The minimum atomic E-state index is -3.06. The number of amides is 1. The van der Waals surface area contributed by atoms with Gasteiger partial charge in [-0.25, -0.2) is 13.7 Å². The second-order valence-corrected chi connectivity index (χ2v) is 9.30. The number of carbonyl (C=O) groups excluding carboxylic acids is 1. The molecule has 2 rings (SSSR count). The molecule has 0 bridgehead atoms. The van der Waals surface area contributed by atoms with Crippen LogP contribution >= 0.6 is 0 Å². The fraction of sp³-hybridized carbons (Fsp3) is 0.611. The predicted molar refractivity (Wildman–Crippen MR) is 96.3 cm³/mol. The number of rotatable bonds is 3. The number of carbonyl (C=O) groups is 1. The van der Waals surface area contributed by atoms with Crippen molar-refractivity contribution in [3.8, 4) is 0 Å². The Labute approximate surface area is 145 Å². The van der Waals surface area contributed by atoms with Crippen LogP contribution in [0, 0.1) is 6.92 Å². The van der Waals surface area contributed by atoms with E-state index in [0.29, 0.717) is 4.90 Å². The van der Waals surface area contributed by atoms with Gasteiger partial charge in [0.15, 0.2) is 0 Å². The lowest BCUT2D eigenvalue weighted by Gasteiger charge is -2.25. The van der Waals surface area contributed by atoms with Crippen molar-refractivity contribution in [3.05, 3.63) is 29.8 Å². The van der Waals surface area contributed by atoms with E-state index in [-0.39, 0.29) is 6.04 Å². The molecule has 1 fully saturated rings. The number of nitrogens with one attached hydrogen (secondary N) is 1. The van der Waals surface area contributed by atoms with E-state index in [2.05, 4.69) is 9.08 Å². The van der Waals surface area contributed by atoms with Gasteiger partial charge in [-0.2, -0.15) is 0 Å². The second kappa shape index (κ2) is 7.66. The summed E-state index contributed by atoms with van der Waals surface area (Å²) >= 11 is 0. The van der Waals surface area contributed by atoms with Crippen LogP contribution in [0.1, 0.15) is 58.4 Å². The SMILES string of the molecule is Cc1ccc(S(=O)(=NC(=O)OC(C)(C)C)NC2CCCCC2)cc1. The Hall–Kier alpha value is -1.40. The number of ether oxygens (including phenoxy) is 1. The van der Waals surface area contributed by atoms with Crippen molar-refractivity contribution in [2.75, 3.05) is 0 Å². The Kier molecular flexibility index (Phi) is 6.04. The molecular formula is C18H28N2O3S. The van der Waals surface area contributed by atoms with E-state index in [4.69, 9.17) is 4.74 Å². The van der Waals surface area contributed by atoms with Crippen molar-refractivity contribution >= 4 is 16.0 Å². The zero-order valence-corrected chi connectivity index (χ0v) is 15.8. The molecule has 0 saturated heterocycles. The Balaban J connectivity index is 2.34. The molecule has 1 aliphatic carbocycles. The fourth-order valence-corrected chi connectivity index (χ4v) is 4.44. The van der Waals surface area contributed by atoms with E-state index in [1.54, 1.807) is 32.9 Å². The highest BCUT2D eigenvalue weighted by molar-refractivity contribution is 7.92. The van der Waals surface area contributed by atoms with Gasteiger partial charge in [0.2, 0.25) is 0 Å². The summed E-state index contributed by atoms with van der Waals surface area (Å²) in [5.41, 5.74) is 0.398. The molecule has 1 N–H and O–H groups in total. The van der Waals surface area contributed by atoms with Gasteiger partial charge in [0.1, 0.15) is 15.5 Å². The molecule has 1 aromatic carbocycles. The van der Waals surface area contributed by atoms with Gasteiger partial charge in [-0.3, -0.25) is 0 Å². The molecule has 5 nitrogen and oxygen atoms in total. The standard InChI is InChI=1S/C18H28N2O3S/c1-14-10-12-16(13-11-14)24(22,19-15-8-6-5-7-9-15)20-17(21)23-18(2,3)4/h10-13,15H,5-9H2,1-4H3,(H,19,20,21,22). The topological polar surface area (TPSA) is 67.8 Å². The third kappa shape index (κ3) is 5.60. The largest absolute Gasteiger partial charge is 0.443 e. The number of hydrogen-bond donors (Lipinski definition) is 1. The summed E-state index contributed by atoms with van der Waals surface area (Å²) in [5, 5.41) is 0. The quantitative estimate of drug-likeness (QED) is 0.865. The highest BCUT2D eigenvalue weighted by atomic mass is 32.2. The maximum Gasteiger partial charge on any atom is 0.443 e.